The zero-order valence-corrected chi connectivity index (χ0v) is 12.9. The van der Waals surface area contributed by atoms with Gasteiger partial charge in [0.2, 0.25) is 0 Å². The van der Waals surface area contributed by atoms with E-state index in [2.05, 4.69) is 15.3 Å². The first-order chi connectivity index (χ1) is 10.1. The third kappa shape index (κ3) is 2.64. The van der Waals surface area contributed by atoms with E-state index < -0.39 is 5.82 Å². The molecule has 3 nitrogen and oxygen atoms in total. The highest BCUT2D eigenvalue weighted by Gasteiger charge is 2.23. The molecule has 0 fully saturated rings. The van der Waals surface area contributed by atoms with Gasteiger partial charge in [0.05, 0.1) is 28.0 Å². The van der Waals surface area contributed by atoms with E-state index in [1.165, 1.54) is 18.3 Å². The van der Waals surface area contributed by atoms with Crippen LogP contribution in [0.15, 0.2) is 35.5 Å². The number of benzodiazepines with no additional fused rings is 1. The Balaban J connectivity index is 2.30. The summed E-state index contributed by atoms with van der Waals surface area (Å²) in [6.07, 6.45) is 1.50. The Hall–Kier alpha value is -1.56. The van der Waals surface area contributed by atoms with Gasteiger partial charge in [-0.1, -0.05) is 35.4 Å². The lowest BCUT2D eigenvalue weighted by molar-refractivity contribution is 0.618. The van der Waals surface area contributed by atoms with Crippen molar-refractivity contribution >= 4 is 51.8 Å². The predicted octanol–water partition coefficient (Wildman–Crippen LogP) is 4.12. The molecule has 0 atom stereocenters. The van der Waals surface area contributed by atoms with Crippen LogP contribution < -0.4 is 5.32 Å². The van der Waals surface area contributed by atoms with Gasteiger partial charge in [0.15, 0.2) is 5.82 Å². The maximum Gasteiger partial charge on any atom is 0.151 e. The van der Waals surface area contributed by atoms with Crippen LogP contribution in [0.4, 0.5) is 10.1 Å². The van der Waals surface area contributed by atoms with Gasteiger partial charge < -0.3 is 5.32 Å². The van der Waals surface area contributed by atoms with Gasteiger partial charge in [-0.25, -0.2) is 4.39 Å². The van der Waals surface area contributed by atoms with E-state index >= 15 is 0 Å². The Labute approximate surface area is 135 Å². The third-order valence-corrected chi connectivity index (χ3v) is 4.00. The van der Waals surface area contributed by atoms with Crippen molar-refractivity contribution in [1.29, 1.82) is 0 Å². The molecule has 1 aliphatic heterocycles. The average molecular weight is 340 g/mol. The van der Waals surface area contributed by atoms with Gasteiger partial charge >= 0.3 is 0 Å². The van der Waals surface area contributed by atoms with Crippen LogP contribution in [0, 0.1) is 5.82 Å². The highest BCUT2D eigenvalue weighted by atomic mass is 35.5. The van der Waals surface area contributed by atoms with Gasteiger partial charge in [-0.2, -0.15) is 0 Å². The highest BCUT2D eigenvalue weighted by molar-refractivity contribution is 7.80. The fourth-order valence-electron chi connectivity index (χ4n) is 2.06. The van der Waals surface area contributed by atoms with E-state index in [1.807, 2.05) is 0 Å². The largest absolute Gasteiger partial charge is 0.348 e. The number of hydrogen-bond acceptors (Lipinski definition) is 3. The summed E-state index contributed by atoms with van der Waals surface area (Å²) in [4.78, 5) is 8.92. The van der Waals surface area contributed by atoms with E-state index in [1.54, 1.807) is 12.1 Å². The molecule has 0 aliphatic carbocycles. The molecule has 0 saturated carbocycles. The molecule has 21 heavy (non-hydrogen) atoms. The Morgan fingerprint density at radius 2 is 2.05 bits per heavy atom. The van der Waals surface area contributed by atoms with Crippen molar-refractivity contribution in [2.24, 2.45) is 4.99 Å². The van der Waals surface area contributed by atoms with Gasteiger partial charge in [-0.3, -0.25) is 9.98 Å². The second-order valence-electron chi connectivity index (χ2n) is 4.33. The van der Waals surface area contributed by atoms with Crippen LogP contribution in [0.5, 0.6) is 0 Å². The van der Waals surface area contributed by atoms with Gasteiger partial charge in [0, 0.05) is 11.8 Å². The van der Waals surface area contributed by atoms with Gasteiger partial charge in [-0.15, -0.1) is 0 Å². The molecule has 0 unspecified atom stereocenters. The fourth-order valence-corrected chi connectivity index (χ4v) is 2.65. The van der Waals surface area contributed by atoms with E-state index in [-0.39, 0.29) is 17.3 Å². The molecular weight excluding hydrogens is 332 g/mol. The summed E-state index contributed by atoms with van der Waals surface area (Å²) >= 11 is 17.5. The molecular formula is C14H8Cl2FN3S. The molecule has 1 aliphatic rings. The van der Waals surface area contributed by atoms with Crippen molar-refractivity contribution in [3.8, 4) is 0 Å². The molecule has 7 heteroatoms. The maximum atomic E-state index is 14.1. The summed E-state index contributed by atoms with van der Waals surface area (Å²) < 4.78 is 14.1. The lowest BCUT2D eigenvalue weighted by atomic mass is 10.0. The fraction of sp³-hybridized carbons (Fsp3) is 0.0714. The zero-order chi connectivity index (χ0) is 15.0. The Morgan fingerprint density at radius 1 is 1.24 bits per heavy atom. The minimum absolute atomic E-state index is 0.120. The number of halogens is 3. The summed E-state index contributed by atoms with van der Waals surface area (Å²) in [6, 6.07) is 6.21. The number of hydrogen-bond donors (Lipinski definition) is 1. The Kier molecular flexibility index (Phi) is 3.89. The number of aromatic nitrogens is 1. The minimum Gasteiger partial charge on any atom is -0.348 e. The zero-order valence-electron chi connectivity index (χ0n) is 10.5. The monoisotopic (exact) mass is 339 g/mol. The Bertz CT molecular complexity index is 777. The molecule has 3 rings (SSSR count). The van der Waals surface area contributed by atoms with Crippen LogP contribution in [0.25, 0.3) is 0 Å². The van der Waals surface area contributed by atoms with E-state index in [0.29, 0.717) is 27.0 Å². The lowest BCUT2D eigenvalue weighted by Gasteiger charge is -2.13. The second kappa shape index (κ2) is 5.67. The number of rotatable bonds is 1. The number of nitrogens with one attached hydrogen (secondary N) is 1. The first-order valence-corrected chi connectivity index (χ1v) is 7.18. The molecule has 1 aromatic carbocycles. The van der Waals surface area contributed by atoms with Crippen LogP contribution in [-0.2, 0) is 0 Å². The predicted molar refractivity (Wildman–Crippen MR) is 87.4 cm³/mol. The normalized spacial score (nSPS) is 14.0. The summed E-state index contributed by atoms with van der Waals surface area (Å²) in [5, 5.41) is 3.68. The molecule has 1 aromatic heterocycles. The van der Waals surface area contributed by atoms with Crippen molar-refractivity contribution in [1.82, 2.24) is 4.98 Å². The van der Waals surface area contributed by atoms with E-state index in [0.717, 1.165) is 0 Å². The highest BCUT2D eigenvalue weighted by Crippen LogP contribution is 2.34. The summed E-state index contributed by atoms with van der Waals surface area (Å²) in [6.45, 7) is 0.226. The van der Waals surface area contributed by atoms with Crippen LogP contribution in [0.2, 0.25) is 10.0 Å². The molecule has 2 aromatic rings. The molecule has 0 amide bonds. The number of fused-ring (bicyclic) bond motifs is 1. The molecule has 2 heterocycles. The number of anilines is 1. The van der Waals surface area contributed by atoms with Crippen molar-refractivity contribution in [3.63, 3.8) is 0 Å². The first-order valence-electron chi connectivity index (χ1n) is 6.01. The Morgan fingerprint density at radius 3 is 2.81 bits per heavy atom. The van der Waals surface area contributed by atoms with Crippen molar-refractivity contribution in [2.75, 3.05) is 11.9 Å². The van der Waals surface area contributed by atoms with Crippen molar-refractivity contribution in [3.05, 3.63) is 57.6 Å². The first kappa shape index (κ1) is 14.4. The number of benzene rings is 1. The number of aliphatic imine (C=N–C) groups is 1. The van der Waals surface area contributed by atoms with E-state index in [9.17, 15) is 4.39 Å². The van der Waals surface area contributed by atoms with Crippen LogP contribution in [-0.4, -0.2) is 22.2 Å². The molecule has 0 radical (unpaired) electrons. The number of pyridine rings is 1. The topological polar surface area (TPSA) is 37.3 Å². The molecule has 106 valence electrons. The molecule has 0 bridgehead atoms. The van der Waals surface area contributed by atoms with E-state index in [4.69, 9.17) is 35.4 Å². The van der Waals surface area contributed by atoms with Crippen molar-refractivity contribution in [2.45, 2.75) is 0 Å². The summed E-state index contributed by atoms with van der Waals surface area (Å²) in [5.74, 6) is -0.480. The van der Waals surface area contributed by atoms with Crippen molar-refractivity contribution < 1.29 is 4.39 Å². The second-order valence-corrected chi connectivity index (χ2v) is 5.61. The van der Waals surface area contributed by atoms with Crippen LogP contribution >= 0.6 is 35.4 Å². The third-order valence-electron chi connectivity index (χ3n) is 2.97. The average Bonchev–Trinajstić information content (AvgIpc) is 2.63. The molecule has 0 spiro atoms. The van der Waals surface area contributed by atoms with Gasteiger partial charge in [0.1, 0.15) is 10.7 Å². The van der Waals surface area contributed by atoms with Gasteiger partial charge in [-0.05, 0) is 24.3 Å². The van der Waals surface area contributed by atoms with Gasteiger partial charge in [0.25, 0.3) is 0 Å². The standard InChI is InChI=1S/C14H8Cl2FN3S/c15-7-3-4-9-11(12(7)16)14(19-6-10(21)20-9)13-8(17)2-1-5-18-13/h1-5H,6H2,(H,20,21). The quantitative estimate of drug-likeness (QED) is 0.794. The number of thiocarbonyl (C=S) groups is 1. The van der Waals surface area contributed by atoms with Crippen LogP contribution in [0.1, 0.15) is 11.3 Å². The summed E-state index contributed by atoms with van der Waals surface area (Å²) in [7, 11) is 0. The summed E-state index contributed by atoms with van der Waals surface area (Å²) in [5.41, 5.74) is 1.59. The van der Waals surface area contributed by atoms with Crippen LogP contribution in [0.3, 0.4) is 0 Å². The minimum atomic E-state index is -0.480. The molecule has 0 saturated heterocycles. The SMILES string of the molecule is Fc1cccnc1C1=NCC(=S)Nc2ccc(Cl)c(Cl)c21. The molecule has 1 N–H and O–H groups in total. The smallest absolute Gasteiger partial charge is 0.151 e. The lowest BCUT2D eigenvalue weighted by Crippen LogP contribution is -2.11. The number of nitrogens with zero attached hydrogens (tertiary/aromatic N) is 2. The maximum absolute atomic E-state index is 14.1.